The number of nitrogens with one attached hydrogen (secondary N) is 1. The highest BCUT2D eigenvalue weighted by Crippen LogP contribution is 2.25. The van der Waals surface area contributed by atoms with Gasteiger partial charge in [-0.2, -0.15) is 4.98 Å². The van der Waals surface area contributed by atoms with E-state index in [0.717, 1.165) is 0 Å². The summed E-state index contributed by atoms with van der Waals surface area (Å²) in [4.78, 5) is 43.5. The lowest BCUT2D eigenvalue weighted by atomic mass is 10.0. The van der Waals surface area contributed by atoms with Gasteiger partial charge in [0.2, 0.25) is 0 Å². The monoisotopic (exact) mass is 512 g/mol. The number of pyridine rings is 1. The van der Waals surface area contributed by atoms with E-state index >= 15 is 0 Å². The largest absolute Gasteiger partial charge is 0.348 e. The predicted molar refractivity (Wildman–Crippen MR) is 140 cm³/mol. The van der Waals surface area contributed by atoms with E-state index in [-0.39, 0.29) is 29.0 Å². The maximum Gasteiger partial charge on any atom is 0.257 e. The summed E-state index contributed by atoms with van der Waals surface area (Å²) >= 11 is 6.25. The van der Waals surface area contributed by atoms with Crippen LogP contribution in [-0.2, 0) is 6.54 Å². The first-order chi connectivity index (χ1) is 17.8. The zero-order valence-corrected chi connectivity index (χ0v) is 20.7. The Morgan fingerprint density at radius 3 is 2.41 bits per heavy atom. The Labute approximate surface area is 216 Å². The number of fused-ring (bicyclic) bond motifs is 1. The first kappa shape index (κ1) is 24.1. The Hall–Kier alpha value is -4.56. The highest BCUT2D eigenvalue weighted by molar-refractivity contribution is 6.31. The molecular formula is C28H21ClN4O4. The molecule has 2 aromatic heterocycles. The van der Waals surface area contributed by atoms with Gasteiger partial charge in [-0.25, -0.2) is 0 Å². The Kier molecular flexibility index (Phi) is 6.42. The molecule has 0 unspecified atom stereocenters. The van der Waals surface area contributed by atoms with E-state index < -0.39 is 5.91 Å². The first-order valence-corrected chi connectivity index (χ1v) is 11.8. The number of Topliss-reactive ketones (excluding diaryl/α,β-unsaturated/α-hetero) is 1. The average Bonchev–Trinajstić information content (AvgIpc) is 3.34. The average molecular weight is 513 g/mol. The lowest BCUT2D eigenvalue weighted by Gasteiger charge is -2.19. The molecule has 8 nitrogen and oxygen atoms in total. The first-order valence-electron chi connectivity index (χ1n) is 11.5. The topological polar surface area (TPSA) is 107 Å². The van der Waals surface area contributed by atoms with E-state index in [2.05, 4.69) is 15.5 Å². The summed E-state index contributed by atoms with van der Waals surface area (Å²) in [5.74, 6) is 0.154. The van der Waals surface area contributed by atoms with Crippen molar-refractivity contribution in [3.05, 3.63) is 111 Å². The molecule has 0 fully saturated rings. The molecule has 3 aromatic carbocycles. The number of rotatable bonds is 6. The van der Waals surface area contributed by atoms with Gasteiger partial charge in [-0.15, -0.1) is 0 Å². The van der Waals surface area contributed by atoms with Gasteiger partial charge in [0.25, 0.3) is 11.8 Å². The number of ketones is 1. The molecule has 0 aliphatic heterocycles. The van der Waals surface area contributed by atoms with E-state index in [1.54, 1.807) is 54.0 Å². The molecule has 5 aromatic rings. The zero-order valence-electron chi connectivity index (χ0n) is 20.0. The van der Waals surface area contributed by atoms with Crippen molar-refractivity contribution >= 4 is 34.2 Å². The fourth-order valence-corrected chi connectivity index (χ4v) is 4.40. The predicted octanol–water partition coefficient (Wildman–Crippen LogP) is 5.14. The third-order valence-electron chi connectivity index (χ3n) is 5.92. The standard InChI is InChI=1S/C28H21ClN4O4/c1-16(34)25-23(15-30-27(36)18-8-10-19(11-9-18)28-31-17(2)32-37-28)26(35)22-13-12-20(29)14-24(22)33(25)21-6-4-3-5-7-21/h3-14H,15H2,1-2H3,(H,30,36). The van der Waals surface area contributed by atoms with Crippen molar-refractivity contribution in [2.45, 2.75) is 20.4 Å². The molecule has 0 saturated carbocycles. The fraction of sp³-hybridized carbons (Fsp3) is 0.107. The number of hydrogen-bond acceptors (Lipinski definition) is 6. The minimum Gasteiger partial charge on any atom is -0.348 e. The van der Waals surface area contributed by atoms with Crippen molar-refractivity contribution < 1.29 is 14.1 Å². The van der Waals surface area contributed by atoms with Gasteiger partial charge in [0, 0.05) is 46.3 Å². The van der Waals surface area contributed by atoms with Crippen LogP contribution >= 0.6 is 11.6 Å². The van der Waals surface area contributed by atoms with Crippen molar-refractivity contribution in [3.63, 3.8) is 0 Å². The van der Waals surface area contributed by atoms with Gasteiger partial charge in [0.1, 0.15) is 0 Å². The van der Waals surface area contributed by atoms with Crippen molar-refractivity contribution in [3.8, 4) is 17.1 Å². The summed E-state index contributed by atoms with van der Waals surface area (Å²) in [7, 11) is 0. The van der Waals surface area contributed by atoms with Gasteiger partial charge in [-0.05, 0) is 61.5 Å². The second kappa shape index (κ2) is 9.83. The van der Waals surface area contributed by atoms with Crippen molar-refractivity contribution in [1.82, 2.24) is 20.0 Å². The molecule has 0 radical (unpaired) electrons. The highest BCUT2D eigenvalue weighted by atomic mass is 35.5. The molecule has 0 aliphatic rings. The van der Waals surface area contributed by atoms with E-state index in [4.69, 9.17) is 16.1 Å². The van der Waals surface area contributed by atoms with Gasteiger partial charge in [-0.3, -0.25) is 14.4 Å². The summed E-state index contributed by atoms with van der Waals surface area (Å²) in [5.41, 5.74) is 2.29. The Bertz CT molecular complexity index is 1710. The van der Waals surface area contributed by atoms with Gasteiger partial charge in [0.05, 0.1) is 11.2 Å². The number of amides is 1. The third kappa shape index (κ3) is 4.66. The molecule has 9 heteroatoms. The minimum atomic E-state index is -0.398. The Morgan fingerprint density at radius 2 is 1.76 bits per heavy atom. The number of carbonyl (C=O) groups is 2. The molecule has 0 bridgehead atoms. The number of hydrogen-bond donors (Lipinski definition) is 1. The number of para-hydroxylation sites is 1. The van der Waals surface area contributed by atoms with Crippen LogP contribution in [0.1, 0.15) is 39.2 Å². The summed E-state index contributed by atoms with van der Waals surface area (Å²) in [6.07, 6.45) is 0. The van der Waals surface area contributed by atoms with Crippen molar-refractivity contribution in [2.75, 3.05) is 0 Å². The summed E-state index contributed by atoms with van der Waals surface area (Å²) in [6.45, 7) is 2.98. The SMILES string of the molecule is CC(=O)c1c(CNC(=O)c2ccc(-c3nc(C)no3)cc2)c(=O)c2ccc(Cl)cc2n1-c1ccccc1. The van der Waals surface area contributed by atoms with Gasteiger partial charge in [-0.1, -0.05) is 35.0 Å². The molecule has 1 amide bonds. The van der Waals surface area contributed by atoms with Gasteiger partial charge >= 0.3 is 0 Å². The lowest BCUT2D eigenvalue weighted by Crippen LogP contribution is -2.30. The van der Waals surface area contributed by atoms with Gasteiger partial charge < -0.3 is 14.4 Å². The lowest BCUT2D eigenvalue weighted by molar-refractivity contribution is 0.0946. The summed E-state index contributed by atoms with van der Waals surface area (Å²) in [5, 5.41) is 7.38. The smallest absolute Gasteiger partial charge is 0.257 e. The van der Waals surface area contributed by atoms with E-state index in [1.807, 2.05) is 30.3 Å². The van der Waals surface area contributed by atoms with Crippen LogP contribution in [-0.4, -0.2) is 26.4 Å². The van der Waals surface area contributed by atoms with Crippen LogP contribution in [0, 0.1) is 6.92 Å². The van der Waals surface area contributed by atoms with Crippen LogP contribution in [0.3, 0.4) is 0 Å². The third-order valence-corrected chi connectivity index (χ3v) is 6.16. The number of aromatic nitrogens is 3. The fourth-order valence-electron chi connectivity index (χ4n) is 4.24. The Morgan fingerprint density at radius 1 is 1.03 bits per heavy atom. The number of aryl methyl sites for hydroxylation is 1. The van der Waals surface area contributed by atoms with Crippen LogP contribution in [0.15, 0.2) is 82.1 Å². The van der Waals surface area contributed by atoms with E-state index in [1.165, 1.54) is 6.92 Å². The zero-order chi connectivity index (χ0) is 26.1. The summed E-state index contributed by atoms with van der Waals surface area (Å²) in [6, 6.07) is 20.8. The van der Waals surface area contributed by atoms with Crippen molar-refractivity contribution in [1.29, 1.82) is 0 Å². The Balaban J connectivity index is 1.54. The second-order valence-corrected chi connectivity index (χ2v) is 8.89. The van der Waals surface area contributed by atoms with Crippen LogP contribution in [0.5, 0.6) is 0 Å². The normalized spacial score (nSPS) is 11.0. The van der Waals surface area contributed by atoms with E-state index in [0.29, 0.717) is 44.5 Å². The van der Waals surface area contributed by atoms with Gasteiger partial charge in [0.15, 0.2) is 17.0 Å². The van der Waals surface area contributed by atoms with Crippen LogP contribution < -0.4 is 10.7 Å². The molecule has 1 N–H and O–H groups in total. The maximum absolute atomic E-state index is 13.5. The molecular weight excluding hydrogens is 492 g/mol. The highest BCUT2D eigenvalue weighted by Gasteiger charge is 2.22. The number of halogens is 1. The quantitative estimate of drug-likeness (QED) is 0.316. The molecule has 0 aliphatic carbocycles. The second-order valence-electron chi connectivity index (χ2n) is 8.45. The van der Waals surface area contributed by atoms with Crippen LogP contribution in [0.2, 0.25) is 5.02 Å². The number of benzene rings is 3. The van der Waals surface area contributed by atoms with E-state index in [9.17, 15) is 14.4 Å². The van der Waals surface area contributed by atoms with Crippen molar-refractivity contribution in [2.24, 2.45) is 0 Å². The molecule has 184 valence electrons. The minimum absolute atomic E-state index is 0.136. The molecule has 0 atom stereocenters. The molecule has 0 spiro atoms. The molecule has 2 heterocycles. The number of carbonyl (C=O) groups excluding carboxylic acids is 2. The molecule has 5 rings (SSSR count). The van der Waals surface area contributed by atoms with Crippen LogP contribution in [0.25, 0.3) is 28.0 Å². The number of nitrogens with zero attached hydrogens (tertiary/aromatic N) is 3. The molecule has 0 saturated heterocycles. The maximum atomic E-state index is 13.5. The molecule has 37 heavy (non-hydrogen) atoms. The summed E-state index contributed by atoms with van der Waals surface area (Å²) < 4.78 is 6.87. The van der Waals surface area contributed by atoms with Crippen LogP contribution in [0.4, 0.5) is 0 Å².